The highest BCUT2D eigenvalue weighted by Crippen LogP contribution is 2.28. The van der Waals surface area contributed by atoms with Crippen LogP contribution in [0.3, 0.4) is 0 Å². The fourth-order valence-corrected chi connectivity index (χ4v) is 2.37. The maximum absolute atomic E-state index is 5.80. The number of likely N-dealkylation sites (N-methyl/N-ethyl adjacent to an activating group) is 2. The maximum Gasteiger partial charge on any atom is 0.124 e. The second-order valence-corrected chi connectivity index (χ2v) is 6.13. The second-order valence-electron chi connectivity index (χ2n) is 6.13. The molecule has 0 aromatic heterocycles. The lowest BCUT2D eigenvalue weighted by Crippen LogP contribution is -2.45. The molecule has 1 rings (SSSR count). The van der Waals surface area contributed by atoms with Gasteiger partial charge in [0.15, 0.2) is 0 Å². The summed E-state index contributed by atoms with van der Waals surface area (Å²) in [7, 11) is 2.21. The molecule has 0 spiro atoms. The van der Waals surface area contributed by atoms with Crippen molar-refractivity contribution in [3.8, 4) is 5.75 Å². The summed E-state index contributed by atoms with van der Waals surface area (Å²) in [4.78, 5) is 2.43. The molecule has 0 aliphatic rings. The minimum absolute atomic E-state index is 0.203. The average molecular weight is 292 g/mol. The summed E-state index contributed by atoms with van der Waals surface area (Å²) < 4.78 is 5.80. The van der Waals surface area contributed by atoms with Crippen molar-refractivity contribution < 1.29 is 4.74 Å². The van der Waals surface area contributed by atoms with Gasteiger partial charge < -0.3 is 10.1 Å². The van der Waals surface area contributed by atoms with Gasteiger partial charge >= 0.3 is 0 Å². The number of hydrogen-bond acceptors (Lipinski definition) is 3. The van der Waals surface area contributed by atoms with Gasteiger partial charge in [0.05, 0.1) is 6.61 Å². The van der Waals surface area contributed by atoms with E-state index in [1.54, 1.807) is 0 Å². The van der Waals surface area contributed by atoms with Crippen LogP contribution in [0.15, 0.2) is 24.3 Å². The Hall–Kier alpha value is -1.06. The molecule has 0 aliphatic carbocycles. The smallest absolute Gasteiger partial charge is 0.124 e. The Bertz CT molecular complexity index is 417. The van der Waals surface area contributed by atoms with E-state index in [9.17, 15) is 0 Å². The number of benzene rings is 1. The van der Waals surface area contributed by atoms with E-state index < -0.39 is 0 Å². The average Bonchev–Trinajstić information content (AvgIpc) is 2.47. The van der Waals surface area contributed by atoms with E-state index >= 15 is 0 Å². The summed E-state index contributed by atoms with van der Waals surface area (Å²) in [5.41, 5.74) is 1.45. The number of hydrogen-bond donors (Lipinski definition) is 1. The Morgan fingerprint density at radius 2 is 1.86 bits per heavy atom. The van der Waals surface area contributed by atoms with Gasteiger partial charge in [-0.15, -0.1) is 0 Å². The first-order valence-corrected chi connectivity index (χ1v) is 8.12. The number of rotatable bonds is 9. The van der Waals surface area contributed by atoms with Gasteiger partial charge in [-0.1, -0.05) is 32.0 Å². The third kappa shape index (κ3) is 5.01. The van der Waals surface area contributed by atoms with Gasteiger partial charge in [0.25, 0.3) is 0 Å². The van der Waals surface area contributed by atoms with E-state index in [0.717, 1.165) is 25.3 Å². The third-order valence-electron chi connectivity index (χ3n) is 4.40. The van der Waals surface area contributed by atoms with Crippen molar-refractivity contribution in [3.63, 3.8) is 0 Å². The molecule has 3 nitrogen and oxygen atoms in total. The van der Waals surface area contributed by atoms with Crippen LogP contribution in [0.1, 0.15) is 52.6 Å². The molecule has 1 aromatic rings. The van der Waals surface area contributed by atoms with Crippen molar-refractivity contribution in [2.45, 2.75) is 52.6 Å². The van der Waals surface area contributed by atoms with Crippen LogP contribution in [0.25, 0.3) is 0 Å². The quantitative estimate of drug-likeness (QED) is 0.748. The van der Waals surface area contributed by atoms with Crippen LogP contribution >= 0.6 is 0 Å². The van der Waals surface area contributed by atoms with Gasteiger partial charge in [0.1, 0.15) is 5.75 Å². The summed E-state index contributed by atoms with van der Waals surface area (Å²) in [5.74, 6) is 0.994. The van der Waals surface area contributed by atoms with Crippen LogP contribution < -0.4 is 10.1 Å². The van der Waals surface area contributed by atoms with Crippen molar-refractivity contribution in [1.29, 1.82) is 0 Å². The molecule has 21 heavy (non-hydrogen) atoms. The molecule has 1 atom stereocenters. The minimum atomic E-state index is 0.203. The zero-order valence-corrected chi connectivity index (χ0v) is 14.6. The second kappa shape index (κ2) is 8.40. The highest BCUT2D eigenvalue weighted by atomic mass is 16.5. The fourth-order valence-electron chi connectivity index (χ4n) is 2.37. The molecular formula is C18H32N2O. The summed E-state index contributed by atoms with van der Waals surface area (Å²) in [6.07, 6.45) is 1.13. The number of nitrogens with zero attached hydrogens (tertiary/aromatic N) is 1. The van der Waals surface area contributed by atoms with Gasteiger partial charge in [-0.2, -0.15) is 0 Å². The molecule has 0 aliphatic heterocycles. The van der Waals surface area contributed by atoms with Crippen molar-refractivity contribution in [2.24, 2.45) is 0 Å². The lowest BCUT2D eigenvalue weighted by atomic mass is 9.97. The Labute approximate surface area is 130 Å². The van der Waals surface area contributed by atoms with Gasteiger partial charge in [0.2, 0.25) is 0 Å². The predicted octanol–water partition coefficient (Wildman–Crippen LogP) is 3.86. The minimum Gasteiger partial charge on any atom is -0.494 e. The van der Waals surface area contributed by atoms with Crippen LogP contribution in [-0.4, -0.2) is 37.2 Å². The van der Waals surface area contributed by atoms with E-state index in [0.29, 0.717) is 6.61 Å². The highest BCUT2D eigenvalue weighted by Gasteiger charge is 2.25. The van der Waals surface area contributed by atoms with Gasteiger partial charge in [-0.3, -0.25) is 4.90 Å². The molecule has 1 unspecified atom stereocenters. The molecule has 0 heterocycles. The van der Waals surface area contributed by atoms with Gasteiger partial charge in [-0.05, 0) is 46.9 Å². The monoisotopic (exact) mass is 292 g/mol. The SMILES string of the molecule is CCNC(CN(C)C(C)(C)CC)c1ccccc1OCC. The van der Waals surface area contributed by atoms with Crippen molar-refractivity contribution in [2.75, 3.05) is 26.7 Å². The summed E-state index contributed by atoms with van der Waals surface area (Å²) >= 11 is 0. The molecule has 0 fully saturated rings. The Morgan fingerprint density at radius 3 is 2.43 bits per heavy atom. The van der Waals surface area contributed by atoms with E-state index in [4.69, 9.17) is 4.74 Å². The molecule has 0 bridgehead atoms. The van der Waals surface area contributed by atoms with Crippen molar-refractivity contribution >= 4 is 0 Å². The Morgan fingerprint density at radius 1 is 1.19 bits per heavy atom. The fraction of sp³-hybridized carbons (Fsp3) is 0.667. The van der Waals surface area contributed by atoms with Crippen molar-refractivity contribution in [1.82, 2.24) is 10.2 Å². The van der Waals surface area contributed by atoms with Crippen LogP contribution in [0.2, 0.25) is 0 Å². The Balaban J connectivity index is 2.96. The summed E-state index contributed by atoms with van der Waals surface area (Å²) in [5, 5.41) is 3.60. The van der Waals surface area contributed by atoms with E-state index in [1.165, 1.54) is 5.56 Å². The maximum atomic E-state index is 5.80. The van der Waals surface area contributed by atoms with Crippen LogP contribution in [0, 0.1) is 0 Å². The molecule has 1 N–H and O–H groups in total. The molecule has 0 amide bonds. The molecule has 0 radical (unpaired) electrons. The van der Waals surface area contributed by atoms with Crippen LogP contribution in [0.5, 0.6) is 5.75 Å². The lowest BCUT2D eigenvalue weighted by Gasteiger charge is -2.37. The predicted molar refractivity (Wildman–Crippen MR) is 91.0 cm³/mol. The molecule has 3 heteroatoms. The zero-order valence-electron chi connectivity index (χ0n) is 14.6. The van der Waals surface area contributed by atoms with E-state index in [2.05, 4.69) is 63.2 Å². The molecule has 1 aromatic carbocycles. The normalized spacial score (nSPS) is 13.5. The lowest BCUT2D eigenvalue weighted by molar-refractivity contribution is 0.135. The largest absolute Gasteiger partial charge is 0.494 e. The standard InChI is InChI=1S/C18H32N2O/c1-7-18(4,5)20(6)14-16(19-8-2)15-12-10-11-13-17(15)21-9-3/h10-13,16,19H,7-9,14H2,1-6H3. The van der Waals surface area contributed by atoms with Gasteiger partial charge in [0, 0.05) is 23.7 Å². The molecule has 0 saturated carbocycles. The topological polar surface area (TPSA) is 24.5 Å². The zero-order chi connectivity index (χ0) is 15.9. The molecular weight excluding hydrogens is 260 g/mol. The van der Waals surface area contributed by atoms with E-state index in [1.807, 2.05) is 13.0 Å². The first-order chi connectivity index (χ1) is 9.96. The van der Waals surface area contributed by atoms with E-state index in [-0.39, 0.29) is 11.6 Å². The molecule has 0 saturated heterocycles. The number of nitrogens with one attached hydrogen (secondary N) is 1. The van der Waals surface area contributed by atoms with Gasteiger partial charge in [-0.25, -0.2) is 0 Å². The molecule has 120 valence electrons. The van der Waals surface area contributed by atoms with Crippen molar-refractivity contribution in [3.05, 3.63) is 29.8 Å². The first kappa shape index (κ1) is 18.0. The summed E-state index contributed by atoms with van der Waals surface area (Å²) in [6, 6.07) is 8.65. The van der Waals surface area contributed by atoms with Crippen LogP contribution in [0.4, 0.5) is 0 Å². The number of ether oxygens (including phenoxy) is 1. The first-order valence-electron chi connectivity index (χ1n) is 8.12. The van der Waals surface area contributed by atoms with Crippen LogP contribution in [-0.2, 0) is 0 Å². The Kier molecular flexibility index (Phi) is 7.20. The third-order valence-corrected chi connectivity index (χ3v) is 4.40. The highest BCUT2D eigenvalue weighted by molar-refractivity contribution is 5.36. The summed E-state index contributed by atoms with van der Waals surface area (Å²) in [6.45, 7) is 13.6. The number of para-hydroxylation sites is 1.